The van der Waals surface area contributed by atoms with Crippen molar-refractivity contribution in [3.8, 4) is 5.75 Å². The molecule has 0 saturated carbocycles. The van der Waals surface area contributed by atoms with Crippen molar-refractivity contribution in [2.45, 2.75) is 38.0 Å². The molecule has 1 aromatic carbocycles. The van der Waals surface area contributed by atoms with Crippen LogP contribution in [0, 0.1) is 0 Å². The number of methoxy groups -OCH3 is 1. The molecule has 30 heavy (non-hydrogen) atoms. The number of nitrogens with one attached hydrogen (secondary N) is 1. The van der Waals surface area contributed by atoms with Crippen LogP contribution in [0.5, 0.6) is 5.75 Å². The predicted molar refractivity (Wildman–Crippen MR) is 102 cm³/mol. The van der Waals surface area contributed by atoms with Crippen molar-refractivity contribution in [1.29, 1.82) is 0 Å². The van der Waals surface area contributed by atoms with E-state index in [-0.39, 0.29) is 24.9 Å². The lowest BCUT2D eigenvalue weighted by Crippen LogP contribution is -2.47. The number of aromatic nitrogens is 2. The van der Waals surface area contributed by atoms with Crippen molar-refractivity contribution in [2.75, 3.05) is 20.2 Å². The smallest absolute Gasteiger partial charge is 0.435 e. The number of piperidine rings is 1. The van der Waals surface area contributed by atoms with Gasteiger partial charge < -0.3 is 15.0 Å². The van der Waals surface area contributed by atoms with E-state index in [4.69, 9.17) is 4.74 Å². The van der Waals surface area contributed by atoms with Gasteiger partial charge in [0.15, 0.2) is 5.69 Å². The highest BCUT2D eigenvalue weighted by Gasteiger charge is 2.33. The third-order valence-corrected chi connectivity index (χ3v) is 4.98. The number of hydrogen-bond acceptors (Lipinski definition) is 4. The van der Waals surface area contributed by atoms with Crippen LogP contribution in [0.3, 0.4) is 0 Å². The molecule has 0 radical (unpaired) electrons. The van der Waals surface area contributed by atoms with Crippen molar-refractivity contribution in [3.05, 3.63) is 47.8 Å². The molecule has 0 atom stereocenters. The van der Waals surface area contributed by atoms with Crippen molar-refractivity contribution < 1.29 is 27.5 Å². The Bertz CT molecular complexity index is 889. The molecule has 1 N–H and O–H groups in total. The van der Waals surface area contributed by atoms with Crippen LogP contribution in [0.25, 0.3) is 0 Å². The zero-order valence-electron chi connectivity index (χ0n) is 16.5. The monoisotopic (exact) mass is 424 g/mol. The van der Waals surface area contributed by atoms with Gasteiger partial charge in [-0.1, -0.05) is 18.2 Å². The molecule has 2 aromatic rings. The van der Waals surface area contributed by atoms with Crippen LogP contribution < -0.4 is 10.1 Å². The van der Waals surface area contributed by atoms with Gasteiger partial charge in [0.25, 0.3) is 0 Å². The van der Waals surface area contributed by atoms with Gasteiger partial charge in [0, 0.05) is 30.9 Å². The molecular weight excluding hydrogens is 401 g/mol. The van der Waals surface area contributed by atoms with E-state index < -0.39 is 17.8 Å². The fourth-order valence-electron chi connectivity index (χ4n) is 3.42. The third kappa shape index (κ3) is 5.52. The summed E-state index contributed by atoms with van der Waals surface area (Å²) in [7, 11) is 1.56. The molecule has 1 saturated heterocycles. The Labute approximate surface area is 171 Å². The summed E-state index contributed by atoms with van der Waals surface area (Å²) in [4.78, 5) is 26.4. The van der Waals surface area contributed by atoms with Gasteiger partial charge in [0.1, 0.15) is 12.3 Å². The van der Waals surface area contributed by atoms with E-state index in [1.54, 1.807) is 12.0 Å². The normalized spacial score (nSPS) is 15.1. The first kappa shape index (κ1) is 21.7. The minimum absolute atomic E-state index is 0.0134. The predicted octanol–water partition coefficient (Wildman–Crippen LogP) is 2.26. The minimum Gasteiger partial charge on any atom is -0.496 e. The van der Waals surface area contributed by atoms with E-state index in [0.29, 0.717) is 31.7 Å². The Balaban J connectivity index is 1.45. The fourth-order valence-corrected chi connectivity index (χ4v) is 3.42. The standard InChI is InChI=1S/C20H23F3N4O3/c1-30-16-5-3-2-4-14(16)12-19(29)26-9-6-15(7-10-26)24-18(28)13-27-11-8-17(25-27)20(21,22)23/h2-5,8,11,15H,6-7,9-10,12-13H2,1H3,(H,24,28). The van der Waals surface area contributed by atoms with Gasteiger partial charge in [0.05, 0.1) is 13.5 Å². The molecule has 0 spiro atoms. The number of likely N-dealkylation sites (tertiary alicyclic amines) is 1. The van der Waals surface area contributed by atoms with Gasteiger partial charge in [0.2, 0.25) is 11.8 Å². The summed E-state index contributed by atoms with van der Waals surface area (Å²) < 4.78 is 44.0. The lowest BCUT2D eigenvalue weighted by atomic mass is 10.0. The third-order valence-electron chi connectivity index (χ3n) is 4.98. The van der Waals surface area contributed by atoms with Gasteiger partial charge in [-0.3, -0.25) is 14.3 Å². The second-order valence-electron chi connectivity index (χ2n) is 7.11. The molecule has 1 aliphatic heterocycles. The number of carbonyl (C=O) groups excluding carboxylic acids is 2. The number of halogens is 3. The number of ether oxygens (including phenoxy) is 1. The number of amides is 2. The van der Waals surface area contributed by atoms with Gasteiger partial charge >= 0.3 is 6.18 Å². The highest BCUT2D eigenvalue weighted by molar-refractivity contribution is 5.80. The highest BCUT2D eigenvalue weighted by Crippen LogP contribution is 2.27. The molecule has 0 aliphatic carbocycles. The number of alkyl halides is 3. The van der Waals surface area contributed by atoms with E-state index in [9.17, 15) is 22.8 Å². The van der Waals surface area contributed by atoms with E-state index in [1.165, 1.54) is 0 Å². The maximum atomic E-state index is 12.6. The van der Waals surface area contributed by atoms with Crippen LogP contribution in [0.1, 0.15) is 24.1 Å². The summed E-state index contributed by atoms with van der Waals surface area (Å²) >= 11 is 0. The molecule has 7 nitrogen and oxygen atoms in total. The van der Waals surface area contributed by atoms with Crippen LogP contribution in [0.4, 0.5) is 13.2 Å². The Morgan fingerprint density at radius 1 is 1.20 bits per heavy atom. The van der Waals surface area contributed by atoms with E-state index >= 15 is 0 Å². The first-order chi connectivity index (χ1) is 14.3. The maximum Gasteiger partial charge on any atom is 0.435 e. The number of para-hydroxylation sites is 1. The number of rotatable bonds is 6. The summed E-state index contributed by atoms with van der Waals surface area (Å²) in [6, 6.07) is 8.05. The molecule has 162 valence electrons. The van der Waals surface area contributed by atoms with Gasteiger partial charge in [-0.2, -0.15) is 18.3 Å². The molecule has 1 aromatic heterocycles. The second-order valence-corrected chi connectivity index (χ2v) is 7.11. The second kappa shape index (κ2) is 9.19. The summed E-state index contributed by atoms with van der Waals surface area (Å²) in [5.41, 5.74) is -0.213. The van der Waals surface area contributed by atoms with Crippen LogP contribution in [-0.4, -0.2) is 52.7 Å². The number of nitrogens with zero attached hydrogens (tertiary/aromatic N) is 3. The maximum absolute atomic E-state index is 12.6. The average Bonchev–Trinajstić information content (AvgIpc) is 3.17. The van der Waals surface area contributed by atoms with Crippen molar-refractivity contribution >= 4 is 11.8 Å². The zero-order valence-corrected chi connectivity index (χ0v) is 16.5. The first-order valence-electron chi connectivity index (χ1n) is 9.56. The van der Waals surface area contributed by atoms with E-state index in [1.807, 2.05) is 24.3 Å². The van der Waals surface area contributed by atoms with Crippen LogP contribution in [0.15, 0.2) is 36.5 Å². The SMILES string of the molecule is COc1ccccc1CC(=O)N1CCC(NC(=O)Cn2ccc(C(F)(F)F)n2)CC1. The number of hydrogen-bond donors (Lipinski definition) is 1. The lowest BCUT2D eigenvalue weighted by molar-refractivity contribution is -0.141. The molecular formula is C20H23F3N4O3. The zero-order chi connectivity index (χ0) is 21.7. The molecule has 2 amide bonds. The molecule has 2 heterocycles. The summed E-state index contributed by atoms with van der Waals surface area (Å²) in [6.45, 7) is 0.709. The lowest BCUT2D eigenvalue weighted by Gasteiger charge is -2.32. The largest absolute Gasteiger partial charge is 0.496 e. The first-order valence-corrected chi connectivity index (χ1v) is 9.56. The Kier molecular flexibility index (Phi) is 6.63. The Hall–Kier alpha value is -3.04. The quantitative estimate of drug-likeness (QED) is 0.772. The summed E-state index contributed by atoms with van der Waals surface area (Å²) in [6.07, 6.45) is -2.01. The van der Waals surface area contributed by atoms with Gasteiger partial charge in [-0.15, -0.1) is 0 Å². The van der Waals surface area contributed by atoms with Gasteiger partial charge in [-0.05, 0) is 25.0 Å². The summed E-state index contributed by atoms with van der Waals surface area (Å²) in [5.74, 6) is 0.242. The van der Waals surface area contributed by atoms with Crippen LogP contribution in [-0.2, 0) is 28.7 Å². The Morgan fingerprint density at radius 3 is 2.53 bits per heavy atom. The van der Waals surface area contributed by atoms with Crippen molar-refractivity contribution in [3.63, 3.8) is 0 Å². The van der Waals surface area contributed by atoms with Crippen LogP contribution >= 0.6 is 0 Å². The van der Waals surface area contributed by atoms with E-state index in [0.717, 1.165) is 22.5 Å². The van der Waals surface area contributed by atoms with E-state index in [2.05, 4.69) is 10.4 Å². The molecule has 10 heteroatoms. The molecule has 0 unspecified atom stereocenters. The fraction of sp³-hybridized carbons (Fsp3) is 0.450. The average molecular weight is 424 g/mol. The number of benzene rings is 1. The summed E-state index contributed by atoms with van der Waals surface area (Å²) in [5, 5.41) is 6.18. The molecule has 0 bridgehead atoms. The van der Waals surface area contributed by atoms with Crippen molar-refractivity contribution in [2.24, 2.45) is 0 Å². The van der Waals surface area contributed by atoms with Crippen LogP contribution in [0.2, 0.25) is 0 Å². The number of carbonyl (C=O) groups is 2. The molecule has 1 aliphatic rings. The topological polar surface area (TPSA) is 76.5 Å². The molecule has 1 fully saturated rings. The highest BCUT2D eigenvalue weighted by atomic mass is 19.4. The Morgan fingerprint density at radius 2 is 1.90 bits per heavy atom. The van der Waals surface area contributed by atoms with Crippen molar-refractivity contribution in [1.82, 2.24) is 20.0 Å². The minimum atomic E-state index is -4.54. The molecule has 3 rings (SSSR count). The van der Waals surface area contributed by atoms with Gasteiger partial charge in [-0.25, -0.2) is 0 Å².